The number of benzene rings is 2. The van der Waals surface area contributed by atoms with E-state index < -0.39 is 0 Å². The molecular weight excluding hydrogens is 312 g/mol. The Morgan fingerprint density at radius 3 is 2.61 bits per heavy atom. The van der Waals surface area contributed by atoms with Crippen LogP contribution in [0.4, 0.5) is 0 Å². The molecule has 0 atom stereocenters. The third kappa shape index (κ3) is 5.95. The van der Waals surface area contributed by atoms with Gasteiger partial charge in [-0.25, -0.2) is 0 Å². The summed E-state index contributed by atoms with van der Waals surface area (Å²) in [6.07, 6.45) is 2.24. The van der Waals surface area contributed by atoms with Gasteiger partial charge in [-0.3, -0.25) is 4.79 Å². The van der Waals surface area contributed by atoms with Crippen molar-refractivity contribution in [2.45, 2.75) is 32.8 Å². The Labute approximate surface area is 142 Å². The molecule has 23 heavy (non-hydrogen) atoms. The SMILES string of the molecule is CCCCOc1ccc(CC(=O)OCc2ccccc2)c(Cl)c1. The van der Waals surface area contributed by atoms with E-state index in [1.54, 1.807) is 6.07 Å². The molecule has 3 nitrogen and oxygen atoms in total. The van der Waals surface area contributed by atoms with E-state index in [1.807, 2.05) is 42.5 Å². The lowest BCUT2D eigenvalue weighted by Gasteiger charge is -2.09. The highest BCUT2D eigenvalue weighted by molar-refractivity contribution is 6.31. The predicted molar refractivity (Wildman–Crippen MR) is 91.8 cm³/mol. The number of carbonyl (C=O) groups is 1. The monoisotopic (exact) mass is 332 g/mol. The van der Waals surface area contributed by atoms with Gasteiger partial charge in [0.1, 0.15) is 12.4 Å². The zero-order valence-electron chi connectivity index (χ0n) is 13.3. The minimum atomic E-state index is -0.296. The number of carbonyl (C=O) groups excluding carboxylic acids is 1. The first kappa shape index (κ1) is 17.4. The average molecular weight is 333 g/mol. The van der Waals surface area contributed by atoms with Crippen LogP contribution in [0.25, 0.3) is 0 Å². The predicted octanol–water partition coefficient (Wildman–Crippen LogP) is 4.80. The first-order valence-corrected chi connectivity index (χ1v) is 8.17. The summed E-state index contributed by atoms with van der Waals surface area (Å²) in [5.41, 5.74) is 1.71. The second-order valence-corrected chi connectivity index (χ2v) is 5.69. The van der Waals surface area contributed by atoms with Crippen molar-refractivity contribution in [1.29, 1.82) is 0 Å². The van der Waals surface area contributed by atoms with Crippen molar-refractivity contribution in [3.8, 4) is 5.75 Å². The Hall–Kier alpha value is -2.00. The molecule has 0 saturated heterocycles. The summed E-state index contributed by atoms with van der Waals surface area (Å²) >= 11 is 6.22. The summed E-state index contributed by atoms with van der Waals surface area (Å²) in [5.74, 6) is 0.431. The van der Waals surface area contributed by atoms with Gasteiger partial charge >= 0.3 is 5.97 Å². The number of hydrogen-bond acceptors (Lipinski definition) is 3. The Kier molecular flexibility index (Phi) is 6.95. The van der Waals surface area contributed by atoms with Crippen LogP contribution < -0.4 is 4.74 Å². The lowest BCUT2D eigenvalue weighted by atomic mass is 10.1. The van der Waals surface area contributed by atoms with Crippen LogP contribution in [0.2, 0.25) is 5.02 Å². The molecule has 2 aromatic rings. The van der Waals surface area contributed by atoms with Gasteiger partial charge in [0.25, 0.3) is 0 Å². The second-order valence-electron chi connectivity index (χ2n) is 5.28. The number of esters is 1. The quantitative estimate of drug-likeness (QED) is 0.514. The van der Waals surface area contributed by atoms with E-state index >= 15 is 0 Å². The van der Waals surface area contributed by atoms with Crippen molar-refractivity contribution in [3.63, 3.8) is 0 Å². The Balaban J connectivity index is 1.85. The average Bonchev–Trinajstić information content (AvgIpc) is 2.57. The summed E-state index contributed by atoms with van der Waals surface area (Å²) < 4.78 is 10.9. The molecule has 0 aliphatic rings. The molecule has 0 fully saturated rings. The van der Waals surface area contributed by atoms with Crippen molar-refractivity contribution in [1.82, 2.24) is 0 Å². The molecule has 0 aromatic heterocycles. The standard InChI is InChI=1S/C19H21ClO3/c1-2-3-11-22-17-10-9-16(18(20)13-17)12-19(21)23-14-15-7-5-4-6-8-15/h4-10,13H,2-3,11-12,14H2,1H3. The normalized spacial score (nSPS) is 10.3. The van der Waals surface area contributed by atoms with Gasteiger partial charge in [-0.05, 0) is 29.7 Å². The highest BCUT2D eigenvalue weighted by Crippen LogP contribution is 2.23. The minimum Gasteiger partial charge on any atom is -0.494 e. The summed E-state index contributed by atoms with van der Waals surface area (Å²) in [6.45, 7) is 3.06. The number of hydrogen-bond donors (Lipinski definition) is 0. The van der Waals surface area contributed by atoms with E-state index in [0.717, 1.165) is 29.7 Å². The Morgan fingerprint density at radius 1 is 1.13 bits per heavy atom. The fourth-order valence-corrected chi connectivity index (χ4v) is 2.28. The molecule has 4 heteroatoms. The first-order chi connectivity index (χ1) is 11.2. The lowest BCUT2D eigenvalue weighted by molar-refractivity contribution is -0.144. The topological polar surface area (TPSA) is 35.5 Å². The van der Waals surface area contributed by atoms with Crippen LogP contribution in [0.1, 0.15) is 30.9 Å². The van der Waals surface area contributed by atoms with Gasteiger partial charge < -0.3 is 9.47 Å². The molecule has 0 N–H and O–H groups in total. The van der Waals surface area contributed by atoms with Crippen molar-refractivity contribution in [2.24, 2.45) is 0 Å². The van der Waals surface area contributed by atoms with Gasteiger partial charge in [-0.1, -0.05) is 61.3 Å². The van der Waals surface area contributed by atoms with Gasteiger partial charge in [0.15, 0.2) is 0 Å². The van der Waals surface area contributed by atoms with Crippen LogP contribution in [-0.4, -0.2) is 12.6 Å². The molecular formula is C19H21ClO3. The maximum atomic E-state index is 11.9. The molecule has 0 aliphatic carbocycles. The summed E-state index contributed by atoms with van der Waals surface area (Å²) in [7, 11) is 0. The van der Waals surface area contributed by atoms with Gasteiger partial charge in [-0.15, -0.1) is 0 Å². The summed E-state index contributed by atoms with van der Waals surface area (Å²) in [4.78, 5) is 11.9. The molecule has 0 amide bonds. The van der Waals surface area contributed by atoms with Crippen molar-refractivity contribution < 1.29 is 14.3 Å². The minimum absolute atomic E-state index is 0.154. The van der Waals surface area contributed by atoms with Crippen molar-refractivity contribution in [2.75, 3.05) is 6.61 Å². The van der Waals surface area contributed by atoms with Gasteiger partial charge in [0, 0.05) is 5.02 Å². The fraction of sp³-hybridized carbons (Fsp3) is 0.316. The third-order valence-corrected chi connectivity index (χ3v) is 3.72. The van der Waals surface area contributed by atoms with E-state index in [1.165, 1.54) is 0 Å². The van der Waals surface area contributed by atoms with Crippen LogP contribution in [-0.2, 0) is 22.6 Å². The molecule has 0 heterocycles. The maximum Gasteiger partial charge on any atom is 0.310 e. The van der Waals surface area contributed by atoms with E-state index in [-0.39, 0.29) is 19.0 Å². The highest BCUT2D eigenvalue weighted by Gasteiger charge is 2.10. The molecule has 0 bridgehead atoms. The zero-order valence-corrected chi connectivity index (χ0v) is 14.0. The zero-order chi connectivity index (χ0) is 16.5. The fourth-order valence-electron chi connectivity index (χ4n) is 2.04. The Bertz CT molecular complexity index is 626. The Morgan fingerprint density at radius 2 is 1.91 bits per heavy atom. The van der Waals surface area contributed by atoms with Gasteiger partial charge in [0.2, 0.25) is 0 Å². The van der Waals surface area contributed by atoms with E-state index in [2.05, 4.69) is 6.92 Å². The van der Waals surface area contributed by atoms with Crippen LogP contribution in [0.3, 0.4) is 0 Å². The first-order valence-electron chi connectivity index (χ1n) is 7.80. The molecule has 2 aromatic carbocycles. The van der Waals surface area contributed by atoms with Crippen molar-refractivity contribution in [3.05, 3.63) is 64.7 Å². The van der Waals surface area contributed by atoms with Gasteiger partial charge in [0.05, 0.1) is 13.0 Å². The number of unbranched alkanes of at least 4 members (excludes halogenated alkanes) is 1. The molecule has 0 spiro atoms. The molecule has 0 radical (unpaired) electrons. The molecule has 2 rings (SSSR count). The summed E-state index contributed by atoms with van der Waals surface area (Å²) in [5, 5.41) is 0.524. The number of halogens is 1. The second kappa shape index (κ2) is 9.21. The molecule has 0 saturated carbocycles. The highest BCUT2D eigenvalue weighted by atomic mass is 35.5. The van der Waals surface area contributed by atoms with Crippen LogP contribution in [0.5, 0.6) is 5.75 Å². The van der Waals surface area contributed by atoms with Crippen LogP contribution in [0.15, 0.2) is 48.5 Å². The smallest absolute Gasteiger partial charge is 0.310 e. The van der Waals surface area contributed by atoms with Crippen LogP contribution in [0, 0.1) is 0 Å². The number of rotatable bonds is 8. The number of ether oxygens (including phenoxy) is 2. The van der Waals surface area contributed by atoms with Gasteiger partial charge in [-0.2, -0.15) is 0 Å². The molecule has 0 unspecified atom stereocenters. The van der Waals surface area contributed by atoms with E-state index in [0.29, 0.717) is 11.6 Å². The van der Waals surface area contributed by atoms with Crippen LogP contribution >= 0.6 is 11.6 Å². The maximum absolute atomic E-state index is 11.9. The third-order valence-electron chi connectivity index (χ3n) is 3.37. The lowest BCUT2D eigenvalue weighted by Crippen LogP contribution is -2.08. The van der Waals surface area contributed by atoms with Crippen molar-refractivity contribution >= 4 is 17.6 Å². The summed E-state index contributed by atoms with van der Waals surface area (Å²) in [6, 6.07) is 15.0. The molecule has 122 valence electrons. The molecule has 0 aliphatic heterocycles. The van der Waals surface area contributed by atoms with E-state index in [4.69, 9.17) is 21.1 Å². The van der Waals surface area contributed by atoms with E-state index in [9.17, 15) is 4.79 Å². The largest absolute Gasteiger partial charge is 0.494 e.